The van der Waals surface area contributed by atoms with Gasteiger partial charge in [0.15, 0.2) is 0 Å². The average molecular weight is 991 g/mol. The SMILES string of the molecule is c1ccc(N(c2ccccc2)c2ccc3c4cc5c(cc4n4c6c(-c7ccc8ccccc8c7)cccc6c2c34)c2ccc(N(c3ccccc3)c3ccccc3)c3c4cccc(-c6ccc7ccccc7c6)c4n5c23)cc1. The molecule has 0 atom stereocenters. The van der Waals surface area contributed by atoms with E-state index in [1.165, 1.54) is 120 Å². The second-order valence-corrected chi connectivity index (χ2v) is 20.8. The van der Waals surface area contributed by atoms with E-state index in [1.807, 2.05) is 0 Å². The molecular weight excluding hydrogens is 945 g/mol. The Morgan fingerprint density at radius 2 is 0.590 bits per heavy atom. The van der Waals surface area contributed by atoms with Crippen LogP contribution in [0.25, 0.3) is 120 Å². The van der Waals surface area contributed by atoms with Crippen molar-refractivity contribution in [3.63, 3.8) is 0 Å². The van der Waals surface area contributed by atoms with Gasteiger partial charge in [0.25, 0.3) is 0 Å². The van der Waals surface area contributed by atoms with Crippen LogP contribution in [0, 0.1) is 0 Å². The minimum Gasteiger partial charge on any atom is -0.310 e. The van der Waals surface area contributed by atoms with Gasteiger partial charge in [0.05, 0.1) is 44.5 Å². The number of para-hydroxylation sites is 6. The largest absolute Gasteiger partial charge is 0.310 e. The van der Waals surface area contributed by atoms with Crippen LogP contribution in [-0.2, 0) is 0 Å². The summed E-state index contributed by atoms with van der Waals surface area (Å²) in [6, 6.07) is 103. The van der Waals surface area contributed by atoms with E-state index < -0.39 is 0 Å². The van der Waals surface area contributed by atoms with Crippen LogP contribution in [0.5, 0.6) is 0 Å². The van der Waals surface area contributed by atoms with Crippen LogP contribution >= 0.6 is 0 Å². The first-order valence-corrected chi connectivity index (χ1v) is 26.9. The summed E-state index contributed by atoms with van der Waals surface area (Å²) < 4.78 is 5.23. The standard InChI is InChI=1S/C74H46N4/c1-5-23-53(24-6-1)75(54-25-7-2-8-26-54)65-41-39-59-63-45-68-64(46-67(63)77-71-57(31-17-33-61(71)69(65)73(59)77)51-37-35-47-19-13-15-21-49(47)43-51)60-40-42-66(76(55-27-9-3-10-28-55)56-29-11-4-12-30-56)70-62-34-18-32-58(72(62)78(68)74(60)70)52-38-36-48-20-14-16-22-50(48)44-52/h1-46H. The summed E-state index contributed by atoms with van der Waals surface area (Å²) in [5.74, 6) is 0. The number of anilines is 6. The third kappa shape index (κ3) is 6.11. The predicted octanol–water partition coefficient (Wildman–Crippen LogP) is 20.6. The lowest BCUT2D eigenvalue weighted by molar-refractivity contribution is 1.30. The third-order valence-electron chi connectivity index (χ3n) is 16.7. The highest BCUT2D eigenvalue weighted by atomic mass is 15.2. The molecule has 0 radical (unpaired) electrons. The van der Waals surface area contributed by atoms with Crippen molar-refractivity contribution in [2.75, 3.05) is 9.80 Å². The summed E-state index contributed by atoms with van der Waals surface area (Å²) >= 11 is 0. The molecule has 0 aliphatic rings. The number of aromatic nitrogens is 2. The van der Waals surface area contributed by atoms with Crippen LogP contribution in [0.1, 0.15) is 0 Å². The second-order valence-electron chi connectivity index (χ2n) is 20.8. The molecule has 0 N–H and O–H groups in total. The first-order chi connectivity index (χ1) is 38.7. The van der Waals surface area contributed by atoms with Crippen molar-refractivity contribution in [3.8, 4) is 22.3 Å². The molecule has 0 amide bonds. The Balaban J connectivity index is 1.03. The number of hydrogen-bond acceptors (Lipinski definition) is 2. The zero-order chi connectivity index (χ0) is 51.0. The molecule has 17 rings (SSSR count). The molecule has 13 aromatic carbocycles. The Morgan fingerprint density at radius 1 is 0.231 bits per heavy atom. The van der Waals surface area contributed by atoms with Gasteiger partial charge >= 0.3 is 0 Å². The second kappa shape index (κ2) is 16.5. The minimum absolute atomic E-state index is 1.11. The van der Waals surface area contributed by atoms with E-state index in [2.05, 4.69) is 298 Å². The van der Waals surface area contributed by atoms with Gasteiger partial charge in [0.2, 0.25) is 0 Å². The van der Waals surface area contributed by atoms with Gasteiger partial charge in [-0.25, -0.2) is 0 Å². The summed E-state index contributed by atoms with van der Waals surface area (Å²) in [7, 11) is 0. The maximum atomic E-state index is 2.61. The van der Waals surface area contributed by atoms with Crippen molar-refractivity contribution >= 4 is 132 Å². The molecule has 0 fully saturated rings. The van der Waals surface area contributed by atoms with Crippen molar-refractivity contribution in [2.45, 2.75) is 0 Å². The maximum absolute atomic E-state index is 2.61. The first kappa shape index (κ1) is 42.9. The fourth-order valence-corrected chi connectivity index (χ4v) is 13.4. The van der Waals surface area contributed by atoms with Crippen LogP contribution in [0.3, 0.4) is 0 Å². The molecule has 0 saturated carbocycles. The highest BCUT2D eigenvalue weighted by molar-refractivity contribution is 6.33. The Morgan fingerprint density at radius 3 is 0.974 bits per heavy atom. The summed E-state index contributed by atoms with van der Waals surface area (Å²) in [4.78, 5) is 4.88. The zero-order valence-corrected chi connectivity index (χ0v) is 42.3. The Bertz CT molecular complexity index is 4790. The number of nitrogens with zero attached hydrogens (tertiary/aromatic N) is 4. The zero-order valence-electron chi connectivity index (χ0n) is 42.3. The maximum Gasteiger partial charge on any atom is 0.0641 e. The smallest absolute Gasteiger partial charge is 0.0641 e. The topological polar surface area (TPSA) is 15.3 Å². The lowest BCUT2D eigenvalue weighted by Gasteiger charge is -2.26. The monoisotopic (exact) mass is 990 g/mol. The van der Waals surface area contributed by atoms with Gasteiger partial charge in [-0.15, -0.1) is 0 Å². The van der Waals surface area contributed by atoms with Crippen LogP contribution in [-0.4, -0.2) is 8.80 Å². The summed E-state index contributed by atoms with van der Waals surface area (Å²) in [6.45, 7) is 0. The number of rotatable bonds is 8. The summed E-state index contributed by atoms with van der Waals surface area (Å²) in [6.07, 6.45) is 0. The molecule has 0 aliphatic carbocycles. The molecule has 4 heteroatoms. The van der Waals surface area contributed by atoms with E-state index in [0.717, 1.165) is 34.1 Å². The third-order valence-corrected chi connectivity index (χ3v) is 16.7. The van der Waals surface area contributed by atoms with E-state index in [0.29, 0.717) is 0 Å². The average Bonchev–Trinajstić information content (AvgIpc) is 3.55. The minimum atomic E-state index is 1.11. The van der Waals surface area contributed by atoms with Gasteiger partial charge in [-0.2, -0.15) is 0 Å². The van der Waals surface area contributed by atoms with Crippen molar-refractivity contribution in [2.24, 2.45) is 0 Å². The van der Waals surface area contributed by atoms with E-state index >= 15 is 0 Å². The molecule has 0 saturated heterocycles. The highest BCUT2D eigenvalue weighted by Gasteiger charge is 2.29. The van der Waals surface area contributed by atoms with Gasteiger partial charge in [0, 0.05) is 77.0 Å². The molecule has 0 spiro atoms. The van der Waals surface area contributed by atoms with E-state index in [9.17, 15) is 0 Å². The number of fused-ring (bicyclic) bond motifs is 14. The van der Waals surface area contributed by atoms with E-state index in [1.54, 1.807) is 0 Å². The van der Waals surface area contributed by atoms with Crippen molar-refractivity contribution < 1.29 is 0 Å². The van der Waals surface area contributed by atoms with Gasteiger partial charge in [-0.1, -0.05) is 194 Å². The molecule has 0 unspecified atom stereocenters. The molecule has 4 nitrogen and oxygen atoms in total. The number of hydrogen-bond donors (Lipinski definition) is 0. The molecule has 17 aromatic rings. The van der Waals surface area contributed by atoms with Crippen LogP contribution in [0.4, 0.5) is 34.1 Å². The molecule has 78 heavy (non-hydrogen) atoms. The molecule has 362 valence electrons. The first-order valence-electron chi connectivity index (χ1n) is 26.9. The van der Waals surface area contributed by atoms with Crippen molar-refractivity contribution in [1.82, 2.24) is 8.80 Å². The van der Waals surface area contributed by atoms with E-state index in [4.69, 9.17) is 0 Å². The van der Waals surface area contributed by atoms with Crippen LogP contribution in [0.2, 0.25) is 0 Å². The van der Waals surface area contributed by atoms with Gasteiger partial charge < -0.3 is 18.6 Å². The van der Waals surface area contributed by atoms with Crippen LogP contribution in [0.15, 0.2) is 279 Å². The molecule has 0 aliphatic heterocycles. The van der Waals surface area contributed by atoms with Crippen molar-refractivity contribution in [1.29, 1.82) is 0 Å². The quantitative estimate of drug-likeness (QED) is 0.151. The number of benzene rings is 13. The lowest BCUT2D eigenvalue weighted by Crippen LogP contribution is -2.10. The lowest BCUT2D eigenvalue weighted by atomic mass is 9.97. The predicted molar refractivity (Wildman–Crippen MR) is 331 cm³/mol. The van der Waals surface area contributed by atoms with Gasteiger partial charge in [0.1, 0.15) is 0 Å². The Labute approximate surface area is 449 Å². The molecular formula is C74H46N4. The molecule has 0 bridgehead atoms. The highest BCUT2D eigenvalue weighted by Crippen LogP contribution is 2.53. The normalized spacial score (nSPS) is 12.1. The van der Waals surface area contributed by atoms with Crippen molar-refractivity contribution in [3.05, 3.63) is 279 Å². The molecule has 4 aromatic heterocycles. The van der Waals surface area contributed by atoms with Gasteiger partial charge in [-0.05, 0) is 118 Å². The molecule has 4 heterocycles. The fourth-order valence-electron chi connectivity index (χ4n) is 13.4. The van der Waals surface area contributed by atoms with Crippen LogP contribution < -0.4 is 9.80 Å². The van der Waals surface area contributed by atoms with E-state index in [-0.39, 0.29) is 0 Å². The summed E-state index contributed by atoms with van der Waals surface area (Å²) in [5.41, 5.74) is 18.8. The summed E-state index contributed by atoms with van der Waals surface area (Å²) in [5, 5.41) is 14.7. The van der Waals surface area contributed by atoms with Gasteiger partial charge in [-0.3, -0.25) is 0 Å². The Kier molecular flexibility index (Phi) is 9.09. The Hall–Kier alpha value is -10.4. The fraction of sp³-hybridized carbons (Fsp3) is 0.